The van der Waals surface area contributed by atoms with Crippen LogP contribution in [0.3, 0.4) is 0 Å². The van der Waals surface area contributed by atoms with E-state index in [-0.39, 0.29) is 0 Å². The van der Waals surface area contributed by atoms with Crippen molar-refractivity contribution in [1.29, 1.82) is 0 Å². The van der Waals surface area contributed by atoms with Crippen LogP contribution in [0.25, 0.3) is 144 Å². The molecule has 0 radical (unpaired) electrons. The number of para-hydroxylation sites is 5. The van der Waals surface area contributed by atoms with Gasteiger partial charge in [-0.05, 0) is 119 Å². The Morgan fingerprint density at radius 2 is 0.778 bits per heavy atom. The molecule has 0 saturated carbocycles. The Kier molecular flexibility index (Phi) is 11.3. The molecule has 0 amide bonds. The van der Waals surface area contributed by atoms with E-state index in [1.54, 1.807) is 6.08 Å². The average Bonchev–Trinajstić information content (AvgIpc) is 1.50. The van der Waals surface area contributed by atoms with Crippen LogP contribution in [0.15, 0.2) is 265 Å². The van der Waals surface area contributed by atoms with E-state index in [0.29, 0.717) is 17.6 Å². The summed E-state index contributed by atoms with van der Waals surface area (Å²) in [6.45, 7) is 17.3. The minimum atomic E-state index is 0.388. The molecule has 0 aliphatic carbocycles. The van der Waals surface area contributed by atoms with Gasteiger partial charge < -0.3 is 27.4 Å². The summed E-state index contributed by atoms with van der Waals surface area (Å²) in [6.07, 6.45) is 3.65. The molecule has 0 fully saturated rings. The summed E-state index contributed by atoms with van der Waals surface area (Å²) >= 11 is 0. The van der Waals surface area contributed by atoms with Crippen LogP contribution < -0.4 is 9.80 Å². The van der Waals surface area contributed by atoms with Crippen molar-refractivity contribution in [3.05, 3.63) is 278 Å². The summed E-state index contributed by atoms with van der Waals surface area (Å²) in [5.74, 6) is 1.49. The fourth-order valence-corrected chi connectivity index (χ4v) is 15.2. The molecule has 0 saturated heterocycles. The molecular formula is C84H60N4O2. The Bertz CT molecular complexity index is 5940. The van der Waals surface area contributed by atoms with E-state index in [1.165, 1.54) is 93.0 Å². The van der Waals surface area contributed by atoms with E-state index in [9.17, 15) is 0 Å². The number of hydrogen-bond donors (Lipinski definition) is 0. The van der Waals surface area contributed by atoms with Crippen LogP contribution >= 0.6 is 0 Å². The van der Waals surface area contributed by atoms with Gasteiger partial charge in [-0.25, -0.2) is 0 Å². The molecule has 0 aliphatic heterocycles. The number of anilines is 6. The summed E-state index contributed by atoms with van der Waals surface area (Å²) in [4.78, 5) is 4.74. The van der Waals surface area contributed by atoms with Crippen LogP contribution in [0.5, 0.6) is 0 Å². The number of hydrogen-bond acceptors (Lipinski definition) is 4. The first-order valence-electron chi connectivity index (χ1n) is 31.3. The number of rotatable bonds is 12. The molecule has 0 bridgehead atoms. The van der Waals surface area contributed by atoms with Crippen LogP contribution in [0.1, 0.15) is 62.0 Å². The van der Waals surface area contributed by atoms with Gasteiger partial charge in [-0.2, -0.15) is 0 Å². The molecule has 0 unspecified atom stereocenters. The van der Waals surface area contributed by atoms with Gasteiger partial charge in [-0.15, -0.1) is 0 Å². The van der Waals surface area contributed by atoms with Gasteiger partial charge in [0.2, 0.25) is 0 Å². The van der Waals surface area contributed by atoms with Crippen LogP contribution in [0.4, 0.5) is 34.1 Å². The zero-order valence-electron chi connectivity index (χ0n) is 50.4. The van der Waals surface area contributed by atoms with Crippen molar-refractivity contribution in [1.82, 2.24) is 8.80 Å². The standard InChI is InChI=1S/C84H60N4O2/c1-7-59-63-28-19-32-71(83(63)89-73(59)8-2)85(55-39-35-51(36-40-55)49(3)4)57-43-45-69-67(47-57)61-26-17-30-65-77-76(54-23-13-10-14-24-54)82-78(75(53-21-11-9-12-22-53)81(77)87(69)79(61)65)66-31-18-27-62-68-48-58(44-46-70(68)88(82)80(62)66)86(56-41-37-52(38-42-56)50(5)6)72-33-20-29-64-60-25-15-16-34-74(60)90-84(64)72/h7-50H,1-2H2,3-6H3. The fourth-order valence-electron chi connectivity index (χ4n) is 15.2. The third kappa shape index (κ3) is 7.27. The summed E-state index contributed by atoms with van der Waals surface area (Å²) < 4.78 is 18.7. The van der Waals surface area contributed by atoms with E-state index in [2.05, 4.69) is 296 Å². The van der Waals surface area contributed by atoms with Crippen molar-refractivity contribution in [2.45, 2.75) is 39.5 Å². The van der Waals surface area contributed by atoms with Crippen molar-refractivity contribution < 1.29 is 8.83 Å². The van der Waals surface area contributed by atoms with Gasteiger partial charge in [0.25, 0.3) is 0 Å². The predicted octanol–water partition coefficient (Wildman–Crippen LogP) is 24.4. The lowest BCUT2D eigenvalue weighted by Crippen LogP contribution is -2.10. The molecule has 0 atom stereocenters. The molecule has 12 aromatic carbocycles. The SMILES string of the molecule is C=Cc1oc2c(N(c3ccc(C(C)C)cc3)c3ccc4c(c3)c3cccc5c6c(-c7ccccc7)c7c(c(-c8ccccc8)c6n4c35)c3cccc4c5cc(N(c6ccc(C(C)C)cc6)c6cccc8c6oc6ccccc68)ccc5n7c43)cccc2c1C=C. The molecule has 0 aliphatic rings. The zero-order chi connectivity index (χ0) is 60.2. The Morgan fingerprint density at radius 1 is 0.356 bits per heavy atom. The molecular weight excluding hydrogens is 1100 g/mol. The maximum Gasteiger partial charge on any atom is 0.159 e. The second-order valence-electron chi connectivity index (χ2n) is 24.8. The lowest BCUT2D eigenvalue weighted by atomic mass is 9.89. The minimum absolute atomic E-state index is 0.388. The van der Waals surface area contributed by atoms with Gasteiger partial charge in [0.1, 0.15) is 11.3 Å². The Morgan fingerprint density at radius 3 is 1.27 bits per heavy atom. The van der Waals surface area contributed by atoms with Gasteiger partial charge >= 0.3 is 0 Å². The molecule has 428 valence electrons. The molecule has 6 aromatic heterocycles. The van der Waals surface area contributed by atoms with Crippen LogP contribution in [0, 0.1) is 0 Å². The van der Waals surface area contributed by atoms with Gasteiger partial charge in [-0.3, -0.25) is 0 Å². The summed E-state index contributed by atoms with van der Waals surface area (Å²) in [5.41, 5.74) is 24.0. The van der Waals surface area contributed by atoms with Gasteiger partial charge in [0.15, 0.2) is 11.2 Å². The monoisotopic (exact) mass is 1160 g/mol. The summed E-state index contributed by atoms with van der Waals surface area (Å²) in [7, 11) is 0. The first-order chi connectivity index (χ1) is 44.3. The third-order valence-electron chi connectivity index (χ3n) is 19.3. The number of aromatic nitrogens is 2. The van der Waals surface area contributed by atoms with Gasteiger partial charge in [0.05, 0.1) is 44.5 Å². The molecule has 18 aromatic rings. The molecule has 0 spiro atoms. The van der Waals surface area contributed by atoms with Gasteiger partial charge in [-0.1, -0.05) is 211 Å². The predicted molar refractivity (Wildman–Crippen MR) is 381 cm³/mol. The molecule has 90 heavy (non-hydrogen) atoms. The van der Waals surface area contributed by atoms with Crippen LogP contribution in [-0.2, 0) is 0 Å². The highest BCUT2D eigenvalue weighted by Crippen LogP contribution is 2.55. The van der Waals surface area contributed by atoms with Crippen molar-refractivity contribution in [3.8, 4) is 22.3 Å². The zero-order valence-corrected chi connectivity index (χ0v) is 50.4. The van der Waals surface area contributed by atoms with Crippen molar-refractivity contribution in [3.63, 3.8) is 0 Å². The quantitative estimate of drug-likeness (QED) is 0.122. The largest absolute Gasteiger partial charge is 0.454 e. The maximum absolute atomic E-state index is 6.82. The Hall–Kier alpha value is -11.3. The highest BCUT2D eigenvalue weighted by Gasteiger charge is 2.32. The summed E-state index contributed by atoms with van der Waals surface area (Å²) in [5, 5.41) is 12.8. The molecule has 6 heterocycles. The Labute approximate surface area is 519 Å². The number of benzene rings is 12. The van der Waals surface area contributed by atoms with Crippen LogP contribution in [-0.4, -0.2) is 8.80 Å². The number of furan rings is 2. The smallest absolute Gasteiger partial charge is 0.159 e. The maximum atomic E-state index is 6.82. The average molecular weight is 1160 g/mol. The van der Waals surface area contributed by atoms with Gasteiger partial charge in [0, 0.05) is 98.7 Å². The first kappa shape index (κ1) is 51.8. The van der Waals surface area contributed by atoms with Crippen molar-refractivity contribution in [2.24, 2.45) is 0 Å². The molecule has 6 heteroatoms. The molecule has 18 rings (SSSR count). The Balaban J connectivity index is 0.926. The van der Waals surface area contributed by atoms with E-state index in [0.717, 1.165) is 89.2 Å². The highest BCUT2D eigenvalue weighted by molar-refractivity contribution is 6.38. The van der Waals surface area contributed by atoms with Crippen LogP contribution in [0.2, 0.25) is 0 Å². The fraction of sp³-hybridized carbons (Fsp3) is 0.0714. The normalized spacial score (nSPS) is 12.3. The number of nitrogens with zero attached hydrogens (tertiary/aromatic N) is 4. The van der Waals surface area contributed by atoms with Crippen molar-refractivity contribution in [2.75, 3.05) is 9.80 Å². The third-order valence-corrected chi connectivity index (χ3v) is 19.3. The second kappa shape index (κ2) is 19.6. The molecule has 6 nitrogen and oxygen atoms in total. The lowest BCUT2D eigenvalue weighted by molar-refractivity contribution is 0.604. The first-order valence-corrected chi connectivity index (χ1v) is 31.3. The van der Waals surface area contributed by atoms with Crippen molar-refractivity contribution >= 4 is 155 Å². The topological polar surface area (TPSA) is 41.6 Å². The van der Waals surface area contributed by atoms with E-state index in [1.807, 2.05) is 12.1 Å². The minimum Gasteiger partial charge on any atom is -0.454 e. The summed E-state index contributed by atoms with van der Waals surface area (Å²) in [6, 6.07) is 89.6. The molecule has 0 N–H and O–H groups in total. The second-order valence-corrected chi connectivity index (χ2v) is 24.8. The van der Waals surface area contributed by atoms with E-state index in [4.69, 9.17) is 8.83 Å². The van der Waals surface area contributed by atoms with E-state index >= 15 is 0 Å². The lowest BCUT2D eigenvalue weighted by Gasteiger charge is -2.26. The highest BCUT2D eigenvalue weighted by atomic mass is 16.3. The van der Waals surface area contributed by atoms with E-state index < -0.39 is 0 Å². The number of fused-ring (bicyclic) bond motifs is 16.